The lowest BCUT2D eigenvalue weighted by molar-refractivity contribution is -0.141. The van der Waals surface area contributed by atoms with Gasteiger partial charge in [-0.05, 0) is 30.2 Å². The molecular formula is C39H62N8O5S. The maximum absolute atomic E-state index is 14.5. The lowest BCUT2D eigenvalue weighted by Gasteiger charge is -2.35. The summed E-state index contributed by atoms with van der Waals surface area (Å²) in [5.74, 6) is 1.71. The summed E-state index contributed by atoms with van der Waals surface area (Å²) in [5, 5.41) is 17.4. The van der Waals surface area contributed by atoms with Crippen LogP contribution in [-0.4, -0.2) is 142 Å². The summed E-state index contributed by atoms with van der Waals surface area (Å²) in [4.78, 5) is 69.0. The molecule has 1 aliphatic heterocycles. The van der Waals surface area contributed by atoms with E-state index in [9.17, 15) is 24.3 Å². The fraction of sp³-hybridized carbons (Fsp3) is 0.667. The molecule has 0 bridgehead atoms. The molecular weight excluding hydrogens is 693 g/mol. The van der Waals surface area contributed by atoms with E-state index in [2.05, 4.69) is 34.4 Å². The first-order chi connectivity index (χ1) is 25.4. The van der Waals surface area contributed by atoms with Crippen molar-refractivity contribution in [2.75, 3.05) is 58.8 Å². The number of aliphatic hydroxyl groups is 1. The number of hydrogen-bond acceptors (Lipinski definition) is 7. The van der Waals surface area contributed by atoms with Gasteiger partial charge in [-0.25, -0.2) is 14.6 Å². The van der Waals surface area contributed by atoms with Crippen molar-refractivity contribution in [1.29, 1.82) is 0 Å². The monoisotopic (exact) mass is 754 g/mol. The van der Waals surface area contributed by atoms with Gasteiger partial charge in [-0.1, -0.05) is 76.3 Å². The minimum atomic E-state index is -0.985. The van der Waals surface area contributed by atoms with Gasteiger partial charge in [-0.2, -0.15) is 11.8 Å². The second-order valence-corrected chi connectivity index (χ2v) is 16.4. The zero-order valence-electron chi connectivity index (χ0n) is 32.3. The van der Waals surface area contributed by atoms with Crippen LogP contribution in [0, 0.1) is 11.8 Å². The average Bonchev–Trinajstić information content (AvgIpc) is 3.68. The molecule has 4 atom stereocenters. The molecule has 1 aromatic carbocycles. The number of benzene rings is 1. The van der Waals surface area contributed by atoms with E-state index in [-0.39, 0.29) is 37.2 Å². The van der Waals surface area contributed by atoms with Gasteiger partial charge in [0.2, 0.25) is 11.8 Å². The summed E-state index contributed by atoms with van der Waals surface area (Å²) in [6.45, 7) is 6.13. The molecule has 2 aromatic rings. The third kappa shape index (κ3) is 13.2. The highest BCUT2D eigenvalue weighted by molar-refractivity contribution is 7.99. The number of urea groups is 2. The number of imidazole rings is 1. The minimum Gasteiger partial charge on any atom is -0.391 e. The minimum absolute atomic E-state index is 0.0585. The molecule has 0 spiro atoms. The summed E-state index contributed by atoms with van der Waals surface area (Å²) in [6, 6.07) is 6.54. The van der Waals surface area contributed by atoms with E-state index in [1.165, 1.54) is 22.5 Å². The van der Waals surface area contributed by atoms with Crippen LogP contribution in [0.25, 0.3) is 0 Å². The number of hydrogen-bond donors (Lipinski definition) is 4. The van der Waals surface area contributed by atoms with Gasteiger partial charge in [0.25, 0.3) is 0 Å². The van der Waals surface area contributed by atoms with E-state index in [1.54, 1.807) is 32.2 Å². The molecule has 2 aliphatic rings. The summed E-state index contributed by atoms with van der Waals surface area (Å²) in [6.07, 6.45) is 9.80. The zero-order valence-corrected chi connectivity index (χ0v) is 33.2. The average molecular weight is 755 g/mol. The summed E-state index contributed by atoms with van der Waals surface area (Å²) < 4.78 is 0. The van der Waals surface area contributed by atoms with Gasteiger partial charge in [0.05, 0.1) is 24.2 Å². The fourth-order valence-corrected chi connectivity index (χ4v) is 8.13. The number of aromatic nitrogens is 2. The van der Waals surface area contributed by atoms with Crippen molar-refractivity contribution < 1.29 is 24.3 Å². The number of aromatic amines is 1. The summed E-state index contributed by atoms with van der Waals surface area (Å²) in [5.41, 5.74) is 1.46. The Morgan fingerprint density at radius 3 is 2.28 bits per heavy atom. The highest BCUT2D eigenvalue weighted by atomic mass is 32.2. The Labute approximate surface area is 320 Å². The summed E-state index contributed by atoms with van der Waals surface area (Å²) >= 11 is 1.83. The second-order valence-electron chi connectivity index (χ2n) is 15.2. The number of likely N-dealkylation sites (N-methyl/N-ethyl adjacent to an activating group) is 3. The number of nitrogens with one attached hydrogen (secondary N) is 3. The number of rotatable bonds is 17. The van der Waals surface area contributed by atoms with E-state index in [1.807, 2.05) is 47.0 Å². The van der Waals surface area contributed by atoms with Crippen molar-refractivity contribution in [2.24, 2.45) is 11.8 Å². The largest absolute Gasteiger partial charge is 0.391 e. The van der Waals surface area contributed by atoms with Crippen LogP contribution < -0.4 is 10.6 Å². The van der Waals surface area contributed by atoms with E-state index in [0.29, 0.717) is 44.1 Å². The normalized spacial score (nSPS) is 17.4. The number of carbonyl (C=O) groups excluding carboxylic acids is 4. The molecule has 2 fully saturated rings. The number of nitrogens with zero attached hydrogens (tertiary/aromatic N) is 5. The molecule has 13 nitrogen and oxygen atoms in total. The third-order valence-electron chi connectivity index (χ3n) is 10.5. The lowest BCUT2D eigenvalue weighted by Crippen LogP contribution is -2.59. The van der Waals surface area contributed by atoms with Crippen LogP contribution in [0.4, 0.5) is 9.59 Å². The fourth-order valence-electron chi connectivity index (χ4n) is 7.23. The van der Waals surface area contributed by atoms with Gasteiger partial charge in [0.15, 0.2) is 0 Å². The zero-order chi connectivity index (χ0) is 38.3. The third-order valence-corrected chi connectivity index (χ3v) is 11.4. The molecule has 14 heteroatoms. The molecule has 0 radical (unpaired) electrons. The maximum Gasteiger partial charge on any atom is 0.319 e. The first kappa shape index (κ1) is 42.0. The Morgan fingerprint density at radius 2 is 1.64 bits per heavy atom. The smallest absolute Gasteiger partial charge is 0.319 e. The lowest BCUT2D eigenvalue weighted by atomic mass is 9.82. The van der Waals surface area contributed by atoms with Crippen LogP contribution >= 0.6 is 11.8 Å². The number of thioether (sulfide) groups is 1. The first-order valence-corrected chi connectivity index (χ1v) is 20.4. The SMILES string of the molecule is CC(C)C[C@H](O)[C@H](CC1CCCCC1)NC(=O)[C@H](Cc1c[nH]cn1)N(C)C(=O)[C@H](Cc1ccccc1)NC(=O)N(C)CCN(C)C(=O)N1CCSCC1. The molecule has 6 amide bonds. The molecule has 1 aromatic heterocycles. The predicted molar refractivity (Wildman–Crippen MR) is 209 cm³/mol. The van der Waals surface area contributed by atoms with Crippen LogP contribution in [0.3, 0.4) is 0 Å². The molecule has 4 N–H and O–H groups in total. The second kappa shape index (κ2) is 21.2. The Kier molecular flexibility index (Phi) is 16.8. The molecule has 1 saturated heterocycles. The maximum atomic E-state index is 14.5. The molecule has 4 rings (SSSR count). The molecule has 1 aliphatic carbocycles. The van der Waals surface area contributed by atoms with Crippen molar-refractivity contribution in [3.8, 4) is 0 Å². The van der Waals surface area contributed by atoms with Crippen molar-refractivity contribution in [3.63, 3.8) is 0 Å². The van der Waals surface area contributed by atoms with Gasteiger partial charge in [-0.15, -0.1) is 0 Å². The van der Waals surface area contributed by atoms with Gasteiger partial charge in [0.1, 0.15) is 12.1 Å². The van der Waals surface area contributed by atoms with E-state index < -0.39 is 36.2 Å². The Balaban J connectivity index is 1.50. The van der Waals surface area contributed by atoms with Gasteiger partial charge >= 0.3 is 12.1 Å². The van der Waals surface area contributed by atoms with Gasteiger partial charge in [-0.3, -0.25) is 9.59 Å². The number of aliphatic hydroxyl groups excluding tert-OH is 1. The van der Waals surface area contributed by atoms with E-state index in [4.69, 9.17) is 0 Å². The molecule has 2 heterocycles. The Hall–Kier alpha value is -3.78. The van der Waals surface area contributed by atoms with Crippen LogP contribution in [0.2, 0.25) is 0 Å². The van der Waals surface area contributed by atoms with Gasteiger partial charge in [0, 0.05) is 77.9 Å². The van der Waals surface area contributed by atoms with Crippen LogP contribution in [0.5, 0.6) is 0 Å². The standard InChI is InChI=1S/C39H62N8O5S/c1-28(2)22-35(48)32(23-29-12-8-6-9-13-29)42-36(49)34(25-31-26-40-27-41-31)46(5)37(50)33(24-30-14-10-7-11-15-30)43-38(51)44(3)16-17-45(4)39(52)47-18-20-53-21-19-47/h7,10-11,14-15,26-29,32-35,48H,6,8-9,12-13,16-25H2,1-5H3,(H,40,41)(H,42,49)(H,43,51)/t32-,33-,34-,35-/m0/s1. The number of carbonyl (C=O) groups is 4. The van der Waals surface area contributed by atoms with Crippen molar-refractivity contribution in [2.45, 2.75) is 95.9 Å². The van der Waals surface area contributed by atoms with E-state index in [0.717, 1.165) is 42.8 Å². The topological polar surface area (TPSA) is 154 Å². The quantitative estimate of drug-likeness (QED) is 0.191. The highest BCUT2D eigenvalue weighted by Crippen LogP contribution is 2.29. The van der Waals surface area contributed by atoms with Crippen molar-refractivity contribution >= 4 is 35.6 Å². The van der Waals surface area contributed by atoms with Crippen LogP contribution in [0.15, 0.2) is 42.9 Å². The predicted octanol–water partition coefficient (Wildman–Crippen LogP) is 3.99. The van der Waals surface area contributed by atoms with Crippen LogP contribution in [-0.2, 0) is 22.4 Å². The Morgan fingerprint density at radius 1 is 0.962 bits per heavy atom. The van der Waals surface area contributed by atoms with Gasteiger partial charge < -0.3 is 40.3 Å². The number of H-pyrrole nitrogens is 1. The highest BCUT2D eigenvalue weighted by Gasteiger charge is 2.36. The number of amides is 6. The van der Waals surface area contributed by atoms with E-state index >= 15 is 0 Å². The molecule has 0 unspecified atom stereocenters. The van der Waals surface area contributed by atoms with Crippen molar-refractivity contribution in [3.05, 3.63) is 54.1 Å². The van der Waals surface area contributed by atoms with Crippen LogP contribution in [0.1, 0.15) is 70.1 Å². The Bertz CT molecular complexity index is 1420. The first-order valence-electron chi connectivity index (χ1n) is 19.3. The summed E-state index contributed by atoms with van der Waals surface area (Å²) in [7, 11) is 4.97. The molecule has 294 valence electrons. The van der Waals surface area contributed by atoms with Crippen molar-refractivity contribution in [1.82, 2.24) is 40.2 Å². The molecule has 1 saturated carbocycles. The molecule has 53 heavy (non-hydrogen) atoms.